The molecule has 1 heterocycles. The van der Waals surface area contributed by atoms with Crippen LogP contribution in [-0.2, 0) is 0 Å². The molecule has 0 radical (unpaired) electrons. The van der Waals surface area contributed by atoms with E-state index in [9.17, 15) is 10.2 Å². The van der Waals surface area contributed by atoms with Crippen molar-refractivity contribution in [2.45, 2.75) is 13.8 Å². The van der Waals surface area contributed by atoms with E-state index in [1.165, 1.54) is 4.44 Å². The molecule has 1 aromatic heterocycles. The average Bonchev–Trinajstić information content (AvgIpc) is 2.87. The third kappa shape index (κ3) is 2.80. The number of halogens is 1. The minimum absolute atomic E-state index is 0.101. The van der Waals surface area contributed by atoms with Gasteiger partial charge < -0.3 is 0 Å². The van der Waals surface area contributed by atoms with E-state index in [1.807, 2.05) is 44.2 Å². The molecule has 22 heavy (non-hydrogen) atoms. The zero-order valence-electron chi connectivity index (χ0n) is 12.2. The third-order valence-corrected chi connectivity index (χ3v) is 6.77. The Labute approximate surface area is 140 Å². The fraction of sp³-hybridized carbons (Fsp3) is 0.111. The monoisotopic (exact) mass is 378 g/mol. The first-order valence-electron chi connectivity index (χ1n) is 6.85. The SMILES string of the molecule is Cc1cc(-c2cc(Cl)c(-c3ccc(O)c(C)c3)[se]2)ccc1O. The van der Waals surface area contributed by atoms with Crippen molar-refractivity contribution in [3.8, 4) is 31.5 Å². The van der Waals surface area contributed by atoms with Crippen LogP contribution in [0.3, 0.4) is 0 Å². The van der Waals surface area contributed by atoms with Crippen molar-refractivity contribution in [2.24, 2.45) is 0 Å². The molecule has 0 spiro atoms. The van der Waals surface area contributed by atoms with Gasteiger partial charge in [-0.15, -0.1) is 0 Å². The van der Waals surface area contributed by atoms with Crippen molar-refractivity contribution >= 4 is 26.1 Å². The summed E-state index contributed by atoms with van der Waals surface area (Å²) in [4.78, 5) is 0. The fourth-order valence-corrected chi connectivity index (χ4v) is 5.07. The molecule has 112 valence electrons. The predicted molar refractivity (Wildman–Crippen MR) is 92.1 cm³/mol. The Morgan fingerprint density at radius 2 is 1.36 bits per heavy atom. The molecule has 3 rings (SSSR count). The van der Waals surface area contributed by atoms with Crippen molar-refractivity contribution in [2.75, 3.05) is 0 Å². The van der Waals surface area contributed by atoms with Gasteiger partial charge in [0.15, 0.2) is 0 Å². The predicted octanol–water partition coefficient (Wildman–Crippen LogP) is 4.76. The van der Waals surface area contributed by atoms with Crippen LogP contribution in [0.25, 0.3) is 20.0 Å². The van der Waals surface area contributed by atoms with Crippen molar-refractivity contribution < 1.29 is 10.2 Å². The molecular formula is C18H15ClO2Se. The van der Waals surface area contributed by atoms with Crippen LogP contribution in [-0.4, -0.2) is 24.7 Å². The van der Waals surface area contributed by atoms with Gasteiger partial charge in [0.25, 0.3) is 0 Å². The van der Waals surface area contributed by atoms with Gasteiger partial charge in [-0.2, -0.15) is 0 Å². The quantitative estimate of drug-likeness (QED) is 0.632. The summed E-state index contributed by atoms with van der Waals surface area (Å²) in [6, 6.07) is 13.2. The van der Waals surface area contributed by atoms with Crippen molar-refractivity contribution in [1.29, 1.82) is 0 Å². The molecule has 0 unspecified atom stereocenters. The summed E-state index contributed by atoms with van der Waals surface area (Å²) in [5.74, 6) is 0.608. The maximum atomic E-state index is 9.66. The van der Waals surface area contributed by atoms with Gasteiger partial charge >= 0.3 is 140 Å². The van der Waals surface area contributed by atoms with Gasteiger partial charge in [-0.1, -0.05) is 0 Å². The van der Waals surface area contributed by atoms with E-state index in [-0.39, 0.29) is 14.5 Å². The van der Waals surface area contributed by atoms with Crippen LogP contribution >= 0.6 is 11.6 Å². The summed E-state index contributed by atoms with van der Waals surface area (Å²) in [6.45, 7) is 3.77. The Hall–Kier alpha value is -1.67. The van der Waals surface area contributed by atoms with E-state index < -0.39 is 0 Å². The van der Waals surface area contributed by atoms with E-state index in [2.05, 4.69) is 0 Å². The van der Waals surface area contributed by atoms with Crippen molar-refractivity contribution in [1.82, 2.24) is 0 Å². The molecule has 0 bridgehead atoms. The molecule has 2 N–H and O–H groups in total. The van der Waals surface area contributed by atoms with Gasteiger partial charge in [0.1, 0.15) is 0 Å². The summed E-state index contributed by atoms with van der Waals surface area (Å²) in [5, 5.41) is 20.1. The number of phenols is 2. The Morgan fingerprint density at radius 3 is 1.95 bits per heavy atom. The van der Waals surface area contributed by atoms with Crippen LogP contribution in [0, 0.1) is 13.8 Å². The van der Waals surface area contributed by atoms with Gasteiger partial charge in [-0.05, 0) is 0 Å². The number of hydrogen-bond acceptors (Lipinski definition) is 2. The fourth-order valence-electron chi connectivity index (χ4n) is 2.31. The average molecular weight is 378 g/mol. The van der Waals surface area contributed by atoms with Crippen LogP contribution in [0.4, 0.5) is 0 Å². The number of aromatic hydroxyl groups is 2. The number of phenolic OH excluding ortho intramolecular Hbond substituents is 2. The Balaban J connectivity index is 2.06. The van der Waals surface area contributed by atoms with Gasteiger partial charge in [0, 0.05) is 0 Å². The van der Waals surface area contributed by atoms with Crippen LogP contribution in [0.2, 0.25) is 5.02 Å². The van der Waals surface area contributed by atoms with E-state index in [0.29, 0.717) is 11.5 Å². The molecule has 0 aliphatic carbocycles. The standard InChI is InChI=1S/C18H15ClO2Se/c1-10-7-12(3-5-15(10)20)17-9-14(19)18(22-17)13-4-6-16(21)11(2)8-13/h3-9,20-21H,1-2H3. The maximum absolute atomic E-state index is 9.66. The normalized spacial score (nSPS) is 10.9. The zero-order chi connectivity index (χ0) is 15.9. The van der Waals surface area contributed by atoms with Crippen LogP contribution < -0.4 is 0 Å². The van der Waals surface area contributed by atoms with Gasteiger partial charge in [0.2, 0.25) is 0 Å². The summed E-state index contributed by atoms with van der Waals surface area (Å²) in [7, 11) is 0. The molecule has 2 nitrogen and oxygen atoms in total. The molecule has 4 heteroatoms. The zero-order valence-corrected chi connectivity index (χ0v) is 14.7. The summed E-state index contributed by atoms with van der Waals surface area (Å²) in [5.41, 5.74) is 3.86. The second-order valence-corrected chi connectivity index (χ2v) is 7.91. The molecule has 0 atom stereocenters. The first-order chi connectivity index (χ1) is 10.5. The first kappa shape index (κ1) is 15.2. The van der Waals surface area contributed by atoms with Crippen molar-refractivity contribution in [3.63, 3.8) is 0 Å². The third-order valence-electron chi connectivity index (χ3n) is 3.63. The second kappa shape index (κ2) is 5.85. The minimum atomic E-state index is 0.101. The molecule has 0 saturated carbocycles. The second-order valence-electron chi connectivity index (χ2n) is 5.29. The van der Waals surface area contributed by atoms with Crippen LogP contribution in [0.1, 0.15) is 11.1 Å². The molecule has 3 aromatic rings. The van der Waals surface area contributed by atoms with Gasteiger partial charge in [-0.25, -0.2) is 0 Å². The Bertz CT molecular complexity index is 852. The molecule has 0 aliphatic heterocycles. The van der Waals surface area contributed by atoms with E-state index in [4.69, 9.17) is 11.6 Å². The molecular weight excluding hydrogens is 363 g/mol. The van der Waals surface area contributed by atoms with Crippen molar-refractivity contribution in [3.05, 3.63) is 58.6 Å². The first-order valence-corrected chi connectivity index (χ1v) is 8.94. The molecule has 0 fully saturated rings. The summed E-state index contributed by atoms with van der Waals surface area (Å²) in [6.07, 6.45) is 0. The molecule has 0 amide bonds. The van der Waals surface area contributed by atoms with Gasteiger partial charge in [-0.3, -0.25) is 0 Å². The topological polar surface area (TPSA) is 40.5 Å². The van der Waals surface area contributed by atoms with Crippen LogP contribution in [0.5, 0.6) is 11.5 Å². The number of rotatable bonds is 2. The molecule has 2 aromatic carbocycles. The Morgan fingerprint density at radius 1 is 0.818 bits per heavy atom. The van der Waals surface area contributed by atoms with E-state index >= 15 is 0 Å². The summed E-state index contributed by atoms with van der Waals surface area (Å²) < 4.78 is 2.32. The number of aryl methyl sites for hydroxylation is 2. The van der Waals surface area contributed by atoms with E-state index in [0.717, 1.165) is 31.7 Å². The van der Waals surface area contributed by atoms with Crippen LogP contribution in [0.15, 0.2) is 42.5 Å². The van der Waals surface area contributed by atoms with E-state index in [1.54, 1.807) is 12.1 Å². The van der Waals surface area contributed by atoms with Gasteiger partial charge in [0.05, 0.1) is 0 Å². The number of hydrogen-bond donors (Lipinski definition) is 2. The summed E-state index contributed by atoms with van der Waals surface area (Å²) >= 11 is 6.53. The molecule has 0 aliphatic rings. The number of benzene rings is 2. The Kier molecular flexibility index (Phi) is 4.05. The molecule has 0 saturated heterocycles.